The summed E-state index contributed by atoms with van der Waals surface area (Å²) in [4.78, 5) is 23.5. The molecule has 1 rings (SSSR count). The average Bonchev–Trinajstić information content (AvgIpc) is 2.28. The van der Waals surface area contributed by atoms with E-state index in [-0.39, 0.29) is 11.6 Å². The number of rotatable bonds is 4. The number of nitro benzene ring substituents is 1. The lowest BCUT2D eigenvalue weighted by Crippen LogP contribution is -2.47. The fourth-order valence-corrected chi connectivity index (χ4v) is 1.64. The molecule has 98 valence electrons. The van der Waals surface area contributed by atoms with Crippen LogP contribution in [0.15, 0.2) is 24.3 Å². The molecule has 6 heteroatoms. The first-order valence-electron chi connectivity index (χ1n) is 5.48. The Hall–Kier alpha value is -2.11. The summed E-state index contributed by atoms with van der Waals surface area (Å²) in [6.07, 6.45) is 0. The molecule has 0 bridgehead atoms. The molecule has 1 aromatic rings. The lowest BCUT2D eigenvalue weighted by atomic mass is 10.0. The van der Waals surface area contributed by atoms with E-state index >= 15 is 0 Å². The SMILES string of the molecule is CN(C)C(=O)C(C)(C)Nc1ccc([N+](=O)[O-])cc1. The molecule has 0 unspecified atom stereocenters. The van der Waals surface area contributed by atoms with E-state index in [1.54, 1.807) is 40.1 Å². The van der Waals surface area contributed by atoms with Gasteiger partial charge in [-0.1, -0.05) is 0 Å². The Bertz CT molecular complexity index is 452. The third kappa shape index (κ3) is 3.19. The van der Waals surface area contributed by atoms with E-state index < -0.39 is 10.5 Å². The highest BCUT2D eigenvalue weighted by Crippen LogP contribution is 2.20. The summed E-state index contributed by atoms with van der Waals surface area (Å²) in [6.45, 7) is 3.52. The number of non-ortho nitro benzene ring substituents is 1. The maximum atomic E-state index is 11.9. The third-order valence-corrected chi connectivity index (χ3v) is 2.48. The molecule has 0 aliphatic rings. The molecular formula is C12H17N3O3. The van der Waals surface area contributed by atoms with Gasteiger partial charge in [-0.2, -0.15) is 0 Å². The second kappa shape index (κ2) is 5.03. The summed E-state index contributed by atoms with van der Waals surface area (Å²) in [7, 11) is 3.36. The zero-order chi connectivity index (χ0) is 13.9. The number of nitro groups is 1. The van der Waals surface area contributed by atoms with Crippen molar-refractivity contribution in [1.82, 2.24) is 4.90 Å². The summed E-state index contributed by atoms with van der Waals surface area (Å²) in [5, 5.41) is 13.6. The van der Waals surface area contributed by atoms with Crippen LogP contribution < -0.4 is 5.32 Å². The first kappa shape index (κ1) is 14.0. The second-order valence-corrected chi connectivity index (χ2v) is 4.75. The van der Waals surface area contributed by atoms with Crippen molar-refractivity contribution < 1.29 is 9.72 Å². The highest BCUT2D eigenvalue weighted by molar-refractivity contribution is 5.88. The zero-order valence-electron chi connectivity index (χ0n) is 10.9. The van der Waals surface area contributed by atoms with Gasteiger partial charge >= 0.3 is 0 Å². The number of anilines is 1. The van der Waals surface area contributed by atoms with Crippen molar-refractivity contribution in [1.29, 1.82) is 0 Å². The predicted molar refractivity (Wildman–Crippen MR) is 69.5 cm³/mol. The normalized spacial score (nSPS) is 10.9. The molecule has 0 atom stereocenters. The molecule has 0 aromatic heterocycles. The van der Waals surface area contributed by atoms with Gasteiger partial charge in [0.25, 0.3) is 5.69 Å². The summed E-state index contributed by atoms with van der Waals surface area (Å²) in [6, 6.07) is 5.97. The summed E-state index contributed by atoms with van der Waals surface area (Å²) >= 11 is 0. The van der Waals surface area contributed by atoms with Gasteiger partial charge in [0.15, 0.2) is 0 Å². The Morgan fingerprint density at radius 2 is 1.78 bits per heavy atom. The molecule has 18 heavy (non-hydrogen) atoms. The number of carbonyl (C=O) groups excluding carboxylic acids is 1. The van der Waals surface area contributed by atoms with E-state index in [0.717, 1.165) is 0 Å². The minimum Gasteiger partial charge on any atom is -0.372 e. The number of amides is 1. The number of likely N-dealkylation sites (N-methyl/N-ethyl adjacent to an activating group) is 1. The smallest absolute Gasteiger partial charge is 0.269 e. The maximum absolute atomic E-state index is 11.9. The van der Waals surface area contributed by atoms with Crippen molar-refractivity contribution in [3.05, 3.63) is 34.4 Å². The Balaban J connectivity index is 2.84. The van der Waals surface area contributed by atoms with E-state index in [4.69, 9.17) is 0 Å². The highest BCUT2D eigenvalue weighted by atomic mass is 16.6. The van der Waals surface area contributed by atoms with Gasteiger partial charge in [0.1, 0.15) is 5.54 Å². The van der Waals surface area contributed by atoms with Crippen molar-refractivity contribution in [2.45, 2.75) is 19.4 Å². The van der Waals surface area contributed by atoms with Gasteiger partial charge in [-0.25, -0.2) is 0 Å². The van der Waals surface area contributed by atoms with E-state index in [2.05, 4.69) is 5.32 Å². The van der Waals surface area contributed by atoms with E-state index in [9.17, 15) is 14.9 Å². The number of hydrogen-bond acceptors (Lipinski definition) is 4. The average molecular weight is 251 g/mol. The van der Waals surface area contributed by atoms with Crippen LogP contribution in [-0.4, -0.2) is 35.4 Å². The molecule has 0 radical (unpaired) electrons. The van der Waals surface area contributed by atoms with Crippen molar-refractivity contribution in [3.63, 3.8) is 0 Å². The molecule has 1 amide bonds. The molecule has 1 N–H and O–H groups in total. The lowest BCUT2D eigenvalue weighted by Gasteiger charge is -2.29. The Morgan fingerprint density at radius 3 is 2.17 bits per heavy atom. The van der Waals surface area contributed by atoms with Gasteiger partial charge in [0.05, 0.1) is 4.92 Å². The number of carbonyl (C=O) groups is 1. The van der Waals surface area contributed by atoms with Gasteiger partial charge in [0.2, 0.25) is 5.91 Å². The van der Waals surface area contributed by atoms with E-state index in [1.807, 2.05) is 0 Å². The van der Waals surface area contributed by atoms with Crippen LogP contribution in [-0.2, 0) is 4.79 Å². The monoisotopic (exact) mass is 251 g/mol. The fourth-order valence-electron chi connectivity index (χ4n) is 1.64. The minimum absolute atomic E-state index is 0.0253. The van der Waals surface area contributed by atoms with Crippen molar-refractivity contribution in [2.24, 2.45) is 0 Å². The predicted octanol–water partition coefficient (Wildman–Crippen LogP) is 1.87. The standard InChI is InChI=1S/C12H17N3O3/c1-12(2,11(16)14(3)4)13-9-5-7-10(8-6-9)15(17)18/h5-8,13H,1-4H3. The number of nitrogens with zero attached hydrogens (tertiary/aromatic N) is 2. The lowest BCUT2D eigenvalue weighted by molar-refractivity contribution is -0.384. The first-order chi connectivity index (χ1) is 8.24. The first-order valence-corrected chi connectivity index (χ1v) is 5.48. The maximum Gasteiger partial charge on any atom is 0.269 e. The van der Waals surface area contributed by atoms with Gasteiger partial charge < -0.3 is 10.2 Å². The molecule has 1 aromatic carbocycles. The molecule has 6 nitrogen and oxygen atoms in total. The Kier molecular flexibility index (Phi) is 3.90. The van der Waals surface area contributed by atoms with Gasteiger partial charge in [-0.3, -0.25) is 14.9 Å². The minimum atomic E-state index is -0.764. The second-order valence-electron chi connectivity index (χ2n) is 4.75. The summed E-state index contributed by atoms with van der Waals surface area (Å²) < 4.78 is 0. The fraction of sp³-hybridized carbons (Fsp3) is 0.417. The molecule has 0 saturated heterocycles. The topological polar surface area (TPSA) is 75.5 Å². The molecule has 0 aliphatic heterocycles. The molecule has 0 aliphatic carbocycles. The van der Waals surface area contributed by atoms with Crippen LogP contribution in [0.5, 0.6) is 0 Å². The van der Waals surface area contributed by atoms with Crippen LogP contribution in [0, 0.1) is 10.1 Å². The van der Waals surface area contributed by atoms with Gasteiger partial charge in [-0.05, 0) is 26.0 Å². The summed E-state index contributed by atoms with van der Waals surface area (Å²) in [5.74, 6) is -0.0687. The largest absolute Gasteiger partial charge is 0.372 e. The third-order valence-electron chi connectivity index (χ3n) is 2.48. The number of nitrogens with one attached hydrogen (secondary N) is 1. The Labute approximate surface area is 106 Å². The summed E-state index contributed by atoms with van der Waals surface area (Å²) in [5.41, 5.74) is -0.0716. The van der Waals surface area contributed by atoms with Crippen molar-refractivity contribution in [3.8, 4) is 0 Å². The molecule has 0 spiro atoms. The molecular weight excluding hydrogens is 234 g/mol. The quantitative estimate of drug-likeness (QED) is 0.654. The van der Waals surface area contributed by atoms with E-state index in [1.165, 1.54) is 17.0 Å². The zero-order valence-corrected chi connectivity index (χ0v) is 10.9. The van der Waals surface area contributed by atoms with Crippen LogP contribution in [0.2, 0.25) is 0 Å². The van der Waals surface area contributed by atoms with Gasteiger partial charge in [-0.15, -0.1) is 0 Å². The van der Waals surface area contributed by atoms with Crippen molar-refractivity contribution >= 4 is 17.3 Å². The highest BCUT2D eigenvalue weighted by Gasteiger charge is 2.28. The molecule has 0 fully saturated rings. The van der Waals surface area contributed by atoms with Crippen LogP contribution in [0.25, 0.3) is 0 Å². The van der Waals surface area contributed by atoms with Crippen molar-refractivity contribution in [2.75, 3.05) is 19.4 Å². The van der Waals surface area contributed by atoms with E-state index in [0.29, 0.717) is 5.69 Å². The number of hydrogen-bond donors (Lipinski definition) is 1. The van der Waals surface area contributed by atoms with Crippen LogP contribution in [0.4, 0.5) is 11.4 Å². The van der Waals surface area contributed by atoms with Crippen LogP contribution in [0.1, 0.15) is 13.8 Å². The van der Waals surface area contributed by atoms with Gasteiger partial charge in [0, 0.05) is 31.9 Å². The van der Waals surface area contributed by atoms with Crippen LogP contribution in [0.3, 0.4) is 0 Å². The van der Waals surface area contributed by atoms with Crippen LogP contribution >= 0.6 is 0 Å². The Morgan fingerprint density at radius 1 is 1.28 bits per heavy atom. The molecule has 0 heterocycles. The molecule has 0 saturated carbocycles. The number of benzene rings is 1.